The number of likely N-dealkylation sites (tertiary alicyclic amines) is 1. The fourth-order valence-electron chi connectivity index (χ4n) is 6.31. The zero-order chi connectivity index (χ0) is 31.9. The molecule has 0 aliphatic carbocycles. The Bertz CT molecular complexity index is 1580. The number of aliphatic hydroxyl groups excluding tert-OH is 2. The van der Waals surface area contributed by atoms with E-state index >= 15 is 0 Å². The van der Waals surface area contributed by atoms with E-state index in [1.165, 1.54) is 0 Å². The number of hydrogen-bond donors (Lipinski definition) is 4. The van der Waals surface area contributed by atoms with Crippen molar-refractivity contribution in [3.05, 3.63) is 131 Å². The third-order valence-corrected chi connectivity index (χ3v) is 8.98. The van der Waals surface area contributed by atoms with Crippen molar-refractivity contribution in [2.24, 2.45) is 5.92 Å². The molecule has 5 atom stereocenters. The maximum atomic E-state index is 12.4. The quantitative estimate of drug-likeness (QED) is 0.181. The molecule has 0 saturated carbocycles. The van der Waals surface area contributed by atoms with Gasteiger partial charge in [-0.1, -0.05) is 97.9 Å². The molecule has 2 fully saturated rings. The van der Waals surface area contributed by atoms with Gasteiger partial charge in [-0.2, -0.15) is 0 Å². The van der Waals surface area contributed by atoms with Crippen LogP contribution in [0.25, 0.3) is 11.1 Å². The predicted octanol–water partition coefficient (Wildman–Crippen LogP) is 5.70. The molecule has 8 heteroatoms. The van der Waals surface area contributed by atoms with Crippen molar-refractivity contribution in [2.45, 2.75) is 57.6 Å². The minimum atomic E-state index is -0.575. The molecule has 6 rings (SSSR count). The summed E-state index contributed by atoms with van der Waals surface area (Å²) < 4.78 is 13.4. The van der Waals surface area contributed by atoms with Crippen LogP contribution < -0.4 is 10.6 Å². The van der Waals surface area contributed by atoms with Crippen molar-refractivity contribution in [1.29, 1.82) is 0 Å². The minimum Gasteiger partial charge on any atom is -0.392 e. The molecular weight excluding hydrogens is 578 g/mol. The summed E-state index contributed by atoms with van der Waals surface area (Å²) in [6, 6.07) is 34.0. The van der Waals surface area contributed by atoms with Gasteiger partial charge in [0.1, 0.15) is 0 Å². The predicted molar refractivity (Wildman–Crippen MR) is 177 cm³/mol. The number of urea groups is 1. The maximum Gasteiger partial charge on any atom is 0.315 e. The van der Waals surface area contributed by atoms with Crippen LogP contribution in [-0.4, -0.2) is 53.0 Å². The third kappa shape index (κ3) is 8.02. The van der Waals surface area contributed by atoms with E-state index in [2.05, 4.69) is 46.7 Å². The van der Waals surface area contributed by atoms with Crippen LogP contribution in [0.3, 0.4) is 0 Å². The third-order valence-electron chi connectivity index (χ3n) is 8.98. The van der Waals surface area contributed by atoms with Crippen molar-refractivity contribution < 1.29 is 24.5 Å². The second kappa shape index (κ2) is 15.0. The highest BCUT2D eigenvalue weighted by Crippen LogP contribution is 2.42. The Morgan fingerprint density at radius 3 is 2.22 bits per heavy atom. The Kier molecular flexibility index (Phi) is 10.4. The summed E-state index contributed by atoms with van der Waals surface area (Å²) in [4.78, 5) is 14.7. The number of nitrogens with one attached hydrogen (secondary N) is 2. The molecule has 8 nitrogen and oxygen atoms in total. The standard InChI is InChI=1S/C38H43N3O5/c1-26-35(24-41-18-17-34(43)23-41)45-37(46-36(26)30-15-13-28(25-42)14-16-30)33-12-6-11-32(20-33)31-10-5-9-29(19-31)22-40-38(44)39-21-27-7-3-2-4-8-27/h2-16,19-20,26,34-37,42-43H,17-18,21-25H2,1H3,(H2,39,40,44)/t26-,34-,35+,36+,37+/m0/s1. The number of rotatable bonds is 10. The Hall–Kier alpha value is -4.05. The van der Waals surface area contributed by atoms with E-state index in [-0.39, 0.29) is 36.9 Å². The van der Waals surface area contributed by atoms with Crippen molar-refractivity contribution in [3.8, 4) is 11.1 Å². The number of ether oxygens (including phenoxy) is 2. The smallest absolute Gasteiger partial charge is 0.315 e. The average Bonchev–Trinajstić information content (AvgIpc) is 3.52. The first kappa shape index (κ1) is 31.9. The first-order chi connectivity index (χ1) is 22.4. The highest BCUT2D eigenvalue weighted by atomic mass is 16.7. The van der Waals surface area contributed by atoms with Gasteiger partial charge in [-0.05, 0) is 51.9 Å². The van der Waals surface area contributed by atoms with E-state index in [9.17, 15) is 15.0 Å². The van der Waals surface area contributed by atoms with Crippen molar-refractivity contribution >= 4 is 6.03 Å². The molecule has 4 aromatic carbocycles. The van der Waals surface area contributed by atoms with Gasteiger partial charge in [0, 0.05) is 44.2 Å². The Labute approximate surface area is 271 Å². The lowest BCUT2D eigenvalue weighted by Crippen LogP contribution is -2.44. The second-order valence-corrected chi connectivity index (χ2v) is 12.4. The van der Waals surface area contributed by atoms with Crippen LogP contribution in [0.5, 0.6) is 0 Å². The topological polar surface area (TPSA) is 103 Å². The highest BCUT2D eigenvalue weighted by molar-refractivity contribution is 5.74. The van der Waals surface area contributed by atoms with Crippen LogP contribution in [0.4, 0.5) is 4.79 Å². The lowest BCUT2D eigenvalue weighted by Gasteiger charge is -2.42. The normalized spacial score (nSPS) is 23.2. The Morgan fingerprint density at radius 2 is 1.50 bits per heavy atom. The molecule has 0 spiro atoms. The average molecular weight is 622 g/mol. The molecule has 240 valence electrons. The molecule has 2 aliphatic rings. The summed E-state index contributed by atoms with van der Waals surface area (Å²) in [5.74, 6) is 0.0752. The fraction of sp³-hybridized carbons (Fsp3) is 0.342. The first-order valence-corrected chi connectivity index (χ1v) is 16.1. The molecule has 2 heterocycles. The van der Waals surface area contributed by atoms with Crippen LogP contribution in [0.15, 0.2) is 103 Å². The summed E-state index contributed by atoms with van der Waals surface area (Å²) in [5, 5.41) is 25.6. The zero-order valence-corrected chi connectivity index (χ0v) is 26.2. The molecule has 2 aliphatic heterocycles. The maximum absolute atomic E-state index is 12.4. The van der Waals surface area contributed by atoms with Crippen molar-refractivity contribution in [2.75, 3.05) is 19.6 Å². The van der Waals surface area contributed by atoms with Crippen molar-refractivity contribution in [1.82, 2.24) is 15.5 Å². The summed E-state index contributed by atoms with van der Waals surface area (Å²) in [6.07, 6.45) is -0.386. The molecule has 2 saturated heterocycles. The van der Waals surface area contributed by atoms with E-state index < -0.39 is 6.29 Å². The van der Waals surface area contributed by atoms with Crippen LogP contribution in [0.1, 0.15) is 53.6 Å². The molecule has 4 N–H and O–H groups in total. The largest absolute Gasteiger partial charge is 0.392 e. The first-order valence-electron chi connectivity index (χ1n) is 16.1. The van der Waals surface area contributed by atoms with Crippen LogP contribution in [0, 0.1) is 5.92 Å². The Morgan fingerprint density at radius 1 is 0.804 bits per heavy atom. The van der Waals surface area contributed by atoms with Gasteiger partial charge in [-0.25, -0.2) is 4.79 Å². The SMILES string of the molecule is C[C@H]1[C@@H](CN2CC[C@H](O)C2)O[C@@H](c2cccc(-c3cccc(CNC(=O)NCc4ccccc4)c3)c2)O[C@H]1c1ccc(CO)cc1. The van der Waals surface area contributed by atoms with Gasteiger partial charge in [-0.3, -0.25) is 4.90 Å². The minimum absolute atomic E-state index is 0.00147. The van der Waals surface area contributed by atoms with E-state index in [0.29, 0.717) is 19.6 Å². The number of aliphatic hydroxyl groups is 2. The zero-order valence-electron chi connectivity index (χ0n) is 26.2. The molecule has 4 aromatic rings. The Balaban J connectivity index is 1.17. The van der Waals surface area contributed by atoms with Gasteiger partial charge in [0.25, 0.3) is 0 Å². The summed E-state index contributed by atoms with van der Waals surface area (Å²) >= 11 is 0. The molecule has 46 heavy (non-hydrogen) atoms. The highest BCUT2D eigenvalue weighted by Gasteiger charge is 2.40. The number of benzene rings is 4. The van der Waals surface area contributed by atoms with Crippen LogP contribution >= 0.6 is 0 Å². The number of hydrogen-bond acceptors (Lipinski definition) is 6. The van der Waals surface area contributed by atoms with E-state index in [4.69, 9.17) is 9.47 Å². The number of nitrogens with zero attached hydrogens (tertiary/aromatic N) is 1. The molecule has 0 bridgehead atoms. The van der Waals surface area contributed by atoms with Crippen LogP contribution in [-0.2, 0) is 29.2 Å². The van der Waals surface area contributed by atoms with Gasteiger partial charge >= 0.3 is 6.03 Å². The monoisotopic (exact) mass is 621 g/mol. The number of amides is 2. The lowest BCUT2D eigenvalue weighted by atomic mass is 9.90. The van der Waals surface area contributed by atoms with Gasteiger partial charge in [-0.15, -0.1) is 0 Å². The summed E-state index contributed by atoms with van der Waals surface area (Å²) in [7, 11) is 0. The number of β-amino-alcohol motifs (C(OH)–C–C–N with tert-alkyl or cyclic N) is 1. The lowest BCUT2D eigenvalue weighted by molar-refractivity contribution is -0.276. The molecular formula is C38H43N3O5. The number of carbonyl (C=O) groups is 1. The van der Waals surface area contributed by atoms with Gasteiger partial charge in [0.2, 0.25) is 0 Å². The number of carbonyl (C=O) groups excluding carboxylic acids is 1. The van der Waals surface area contributed by atoms with Crippen LogP contribution in [0.2, 0.25) is 0 Å². The molecule has 2 amide bonds. The van der Waals surface area contributed by atoms with Gasteiger partial charge in [0.05, 0.1) is 24.9 Å². The van der Waals surface area contributed by atoms with E-state index in [1.807, 2.05) is 78.9 Å². The van der Waals surface area contributed by atoms with E-state index in [1.54, 1.807) is 0 Å². The molecule has 0 radical (unpaired) electrons. The van der Waals surface area contributed by atoms with E-state index in [0.717, 1.165) is 58.5 Å². The summed E-state index contributed by atoms with van der Waals surface area (Å²) in [5.41, 5.74) is 6.95. The fourth-order valence-corrected chi connectivity index (χ4v) is 6.31. The van der Waals surface area contributed by atoms with Crippen molar-refractivity contribution in [3.63, 3.8) is 0 Å². The second-order valence-electron chi connectivity index (χ2n) is 12.4. The summed E-state index contributed by atoms with van der Waals surface area (Å²) in [6.45, 7) is 5.27. The molecule has 0 aromatic heterocycles. The van der Waals surface area contributed by atoms with Gasteiger partial charge in [0.15, 0.2) is 6.29 Å². The molecule has 0 unspecified atom stereocenters. The van der Waals surface area contributed by atoms with Gasteiger partial charge < -0.3 is 30.3 Å².